The Morgan fingerprint density at radius 1 is 0.889 bits per heavy atom. The Kier molecular flexibility index (Phi) is 12.4. The fourth-order valence-corrected chi connectivity index (χ4v) is 1.53. The number of halogens is 5. The molecule has 0 radical (unpaired) electrons. The smallest absolute Gasteiger partial charge is 0.341 e. The highest BCUT2D eigenvalue weighted by molar-refractivity contribution is 5.88. The number of aromatic carboxylic acids is 1. The lowest BCUT2D eigenvalue weighted by atomic mass is 10.1. The molecule has 0 aromatic heterocycles. The van der Waals surface area contributed by atoms with Crippen LogP contribution in [0.4, 0.5) is 22.0 Å². The molecular formula is C15H20F5NO6. The Balaban J connectivity index is 0.000000503. The second kappa shape index (κ2) is 13.3. The van der Waals surface area contributed by atoms with Crippen LogP contribution in [0.3, 0.4) is 0 Å². The molecule has 1 aromatic carbocycles. The topological polar surface area (TPSA) is 99.5 Å². The fourth-order valence-electron chi connectivity index (χ4n) is 1.53. The zero-order chi connectivity index (χ0) is 21.0. The zero-order valence-corrected chi connectivity index (χ0v) is 14.4. The third-order valence-corrected chi connectivity index (χ3v) is 2.77. The molecule has 0 unspecified atom stereocenters. The molecule has 27 heavy (non-hydrogen) atoms. The molecule has 1 rings (SSSR count). The minimum absolute atomic E-state index is 0.0366. The Hall–Kier alpha value is -1.86. The van der Waals surface area contributed by atoms with Crippen molar-refractivity contribution in [1.82, 2.24) is 5.23 Å². The SMILES string of the molecule is CCCCN(OCCO)OCCO.O=C(O)c1c(F)c(F)c(F)c(F)c1F. The molecule has 7 nitrogen and oxygen atoms in total. The van der Waals surface area contributed by atoms with E-state index >= 15 is 0 Å². The zero-order valence-electron chi connectivity index (χ0n) is 14.4. The van der Waals surface area contributed by atoms with Gasteiger partial charge in [0.05, 0.1) is 33.0 Å². The van der Waals surface area contributed by atoms with Crippen molar-refractivity contribution < 1.29 is 51.7 Å². The van der Waals surface area contributed by atoms with E-state index in [0.29, 0.717) is 6.54 Å². The lowest BCUT2D eigenvalue weighted by Gasteiger charge is -2.19. The number of unbranched alkanes of at least 4 members (excludes halogenated alkanes) is 1. The normalized spacial score (nSPS) is 10.7. The van der Waals surface area contributed by atoms with Crippen LogP contribution in [-0.2, 0) is 9.68 Å². The molecule has 0 aliphatic carbocycles. The van der Waals surface area contributed by atoms with E-state index in [2.05, 4.69) is 6.92 Å². The van der Waals surface area contributed by atoms with Crippen LogP contribution >= 0.6 is 0 Å². The van der Waals surface area contributed by atoms with Gasteiger partial charge < -0.3 is 15.3 Å². The van der Waals surface area contributed by atoms with E-state index in [1.165, 1.54) is 5.23 Å². The number of benzene rings is 1. The predicted octanol–water partition coefficient (Wildman–Crippen LogP) is 2.02. The molecule has 0 atom stereocenters. The maximum absolute atomic E-state index is 12.6. The van der Waals surface area contributed by atoms with Gasteiger partial charge in [-0.2, -0.15) is 0 Å². The van der Waals surface area contributed by atoms with E-state index in [1.54, 1.807) is 0 Å². The summed E-state index contributed by atoms with van der Waals surface area (Å²) in [6.07, 6.45) is 2.00. The monoisotopic (exact) mass is 405 g/mol. The number of hydroxylamine groups is 2. The Morgan fingerprint density at radius 3 is 1.63 bits per heavy atom. The third kappa shape index (κ3) is 8.13. The largest absolute Gasteiger partial charge is 0.477 e. The van der Waals surface area contributed by atoms with Gasteiger partial charge in [0.2, 0.25) is 5.82 Å². The lowest BCUT2D eigenvalue weighted by Crippen LogP contribution is -2.28. The summed E-state index contributed by atoms with van der Waals surface area (Å²) in [7, 11) is 0. The van der Waals surface area contributed by atoms with Crippen LogP contribution in [0, 0.1) is 29.1 Å². The van der Waals surface area contributed by atoms with E-state index in [0.717, 1.165) is 12.8 Å². The minimum atomic E-state index is -2.38. The molecule has 0 aliphatic heterocycles. The molecule has 0 saturated carbocycles. The Labute approximate surface area is 151 Å². The average molecular weight is 405 g/mol. The molecule has 0 amide bonds. The number of carbonyl (C=O) groups is 1. The van der Waals surface area contributed by atoms with Gasteiger partial charge in [0, 0.05) is 0 Å². The first kappa shape index (κ1) is 25.1. The molecule has 1 aromatic rings. The van der Waals surface area contributed by atoms with Crippen molar-refractivity contribution in [2.24, 2.45) is 0 Å². The molecule has 0 aliphatic rings. The number of carboxylic acid groups (broad SMARTS) is 1. The van der Waals surface area contributed by atoms with Crippen LogP contribution in [0.15, 0.2) is 0 Å². The summed E-state index contributed by atoms with van der Waals surface area (Å²) in [6, 6.07) is 0. The quantitative estimate of drug-likeness (QED) is 0.237. The van der Waals surface area contributed by atoms with Crippen LogP contribution in [0.1, 0.15) is 30.1 Å². The highest BCUT2D eigenvalue weighted by atomic mass is 19.2. The molecule has 0 bridgehead atoms. The van der Waals surface area contributed by atoms with Gasteiger partial charge in [-0.15, -0.1) is 0 Å². The number of rotatable bonds is 10. The van der Waals surface area contributed by atoms with Gasteiger partial charge in [0.1, 0.15) is 5.56 Å². The maximum Gasteiger partial charge on any atom is 0.341 e. The standard InChI is InChI=1S/C8H19NO4.C7HF5O2/c1-2-3-4-9(12-7-5-10)13-8-6-11;8-2-1(7(13)14)3(9)5(11)6(12)4(2)10/h10-11H,2-8H2,1H3;(H,13,14). The van der Waals surface area contributed by atoms with E-state index in [4.69, 9.17) is 25.0 Å². The first-order chi connectivity index (χ1) is 12.7. The number of aliphatic hydroxyl groups is 2. The van der Waals surface area contributed by atoms with Crippen LogP contribution < -0.4 is 0 Å². The van der Waals surface area contributed by atoms with Crippen LogP contribution in [0.2, 0.25) is 0 Å². The van der Waals surface area contributed by atoms with E-state index in [1.807, 2.05) is 0 Å². The van der Waals surface area contributed by atoms with Gasteiger partial charge in [-0.3, -0.25) is 9.68 Å². The highest BCUT2D eigenvalue weighted by Gasteiger charge is 2.29. The van der Waals surface area contributed by atoms with Gasteiger partial charge in [-0.1, -0.05) is 18.6 Å². The molecule has 3 N–H and O–H groups in total. The van der Waals surface area contributed by atoms with Crippen LogP contribution in [0.25, 0.3) is 0 Å². The van der Waals surface area contributed by atoms with Crippen molar-refractivity contribution in [3.63, 3.8) is 0 Å². The van der Waals surface area contributed by atoms with Crippen molar-refractivity contribution in [3.8, 4) is 0 Å². The number of hydrogen-bond acceptors (Lipinski definition) is 6. The van der Waals surface area contributed by atoms with Crippen LogP contribution in [-0.4, -0.2) is 59.5 Å². The van der Waals surface area contributed by atoms with E-state index in [9.17, 15) is 26.7 Å². The van der Waals surface area contributed by atoms with Crippen molar-refractivity contribution >= 4 is 5.97 Å². The van der Waals surface area contributed by atoms with Gasteiger partial charge >= 0.3 is 5.97 Å². The summed E-state index contributed by atoms with van der Waals surface area (Å²) in [5, 5.41) is 26.5. The fraction of sp³-hybridized carbons (Fsp3) is 0.533. The van der Waals surface area contributed by atoms with Crippen molar-refractivity contribution in [1.29, 1.82) is 0 Å². The first-order valence-corrected chi connectivity index (χ1v) is 7.72. The van der Waals surface area contributed by atoms with Gasteiger partial charge in [0.15, 0.2) is 23.3 Å². The predicted molar refractivity (Wildman–Crippen MR) is 80.9 cm³/mol. The van der Waals surface area contributed by atoms with E-state index in [-0.39, 0.29) is 26.4 Å². The number of hydrogen-bond donors (Lipinski definition) is 3. The second-order valence-corrected chi connectivity index (χ2v) is 4.77. The Morgan fingerprint density at radius 2 is 1.30 bits per heavy atom. The summed E-state index contributed by atoms with van der Waals surface area (Å²) < 4.78 is 62.1. The molecule has 0 heterocycles. The summed E-state index contributed by atoms with van der Waals surface area (Å²) in [5.74, 6) is -13.9. The second-order valence-electron chi connectivity index (χ2n) is 4.77. The minimum Gasteiger partial charge on any atom is -0.477 e. The van der Waals surface area contributed by atoms with Crippen LogP contribution in [0.5, 0.6) is 0 Å². The molecule has 0 saturated heterocycles. The summed E-state index contributed by atoms with van der Waals surface area (Å²) in [6.45, 7) is 3.08. The summed E-state index contributed by atoms with van der Waals surface area (Å²) >= 11 is 0. The van der Waals surface area contributed by atoms with Crippen molar-refractivity contribution in [3.05, 3.63) is 34.6 Å². The molecule has 12 heteroatoms. The molecular weight excluding hydrogens is 385 g/mol. The molecule has 0 spiro atoms. The van der Waals surface area contributed by atoms with E-state index < -0.39 is 40.6 Å². The van der Waals surface area contributed by atoms with Gasteiger partial charge in [0.25, 0.3) is 0 Å². The average Bonchev–Trinajstić information content (AvgIpc) is 2.64. The number of carboxylic acids is 1. The van der Waals surface area contributed by atoms with Crippen molar-refractivity contribution in [2.75, 3.05) is 33.0 Å². The summed E-state index contributed by atoms with van der Waals surface area (Å²) in [4.78, 5) is 20.2. The molecule has 156 valence electrons. The van der Waals surface area contributed by atoms with Crippen molar-refractivity contribution in [2.45, 2.75) is 19.8 Å². The maximum atomic E-state index is 12.6. The summed E-state index contributed by atoms with van der Waals surface area (Å²) in [5.41, 5.74) is -1.86. The Bertz CT molecular complexity index is 557. The highest BCUT2D eigenvalue weighted by Crippen LogP contribution is 2.22. The number of aliphatic hydroxyl groups excluding tert-OH is 2. The third-order valence-electron chi connectivity index (χ3n) is 2.77. The number of nitrogens with zero attached hydrogens (tertiary/aromatic N) is 1. The van der Waals surface area contributed by atoms with Gasteiger partial charge in [-0.25, -0.2) is 26.7 Å². The first-order valence-electron chi connectivity index (χ1n) is 7.72. The molecule has 0 fully saturated rings. The van der Waals surface area contributed by atoms with Gasteiger partial charge in [-0.05, 0) is 6.42 Å². The lowest BCUT2D eigenvalue weighted by molar-refractivity contribution is -0.371.